The molecule has 1 fully saturated rings. The number of nitrogens with zero attached hydrogens (tertiary/aromatic N) is 1. The van der Waals surface area contributed by atoms with Crippen molar-refractivity contribution in [1.29, 1.82) is 0 Å². The predicted molar refractivity (Wildman–Crippen MR) is 99.6 cm³/mol. The molecule has 6 nitrogen and oxygen atoms in total. The molecule has 1 aromatic carbocycles. The van der Waals surface area contributed by atoms with Crippen molar-refractivity contribution in [3.63, 3.8) is 0 Å². The molecule has 6 heteroatoms. The predicted octanol–water partition coefficient (Wildman–Crippen LogP) is 2.02. The number of pyridine rings is 1. The quantitative estimate of drug-likeness (QED) is 0.863. The summed E-state index contributed by atoms with van der Waals surface area (Å²) in [5, 5.41) is 5.38. The molecule has 1 atom stereocenters. The van der Waals surface area contributed by atoms with Gasteiger partial charge in [0, 0.05) is 19.3 Å². The normalized spacial score (nSPS) is 14.6. The largest absolute Gasteiger partial charge is 0.355 e. The van der Waals surface area contributed by atoms with Gasteiger partial charge in [-0.05, 0) is 38.3 Å². The van der Waals surface area contributed by atoms with E-state index in [0.29, 0.717) is 5.56 Å². The Morgan fingerprint density at radius 3 is 2.54 bits per heavy atom. The third-order valence-electron chi connectivity index (χ3n) is 4.63. The number of hydrogen-bond donors (Lipinski definition) is 2. The van der Waals surface area contributed by atoms with Gasteiger partial charge in [-0.25, -0.2) is 0 Å². The zero-order chi connectivity index (χ0) is 18.8. The lowest BCUT2D eigenvalue weighted by Gasteiger charge is -2.18. The van der Waals surface area contributed by atoms with E-state index in [1.54, 1.807) is 6.20 Å². The van der Waals surface area contributed by atoms with Gasteiger partial charge in [0.05, 0.1) is 11.6 Å². The molecule has 136 valence electrons. The van der Waals surface area contributed by atoms with Gasteiger partial charge in [-0.3, -0.25) is 14.4 Å². The van der Waals surface area contributed by atoms with E-state index >= 15 is 0 Å². The average molecular weight is 353 g/mol. The van der Waals surface area contributed by atoms with E-state index in [2.05, 4.69) is 10.6 Å². The molecule has 2 amide bonds. The van der Waals surface area contributed by atoms with Crippen LogP contribution in [-0.2, 0) is 0 Å². The van der Waals surface area contributed by atoms with Crippen molar-refractivity contribution in [3.8, 4) is 0 Å². The summed E-state index contributed by atoms with van der Waals surface area (Å²) in [6.07, 6.45) is 3.47. The summed E-state index contributed by atoms with van der Waals surface area (Å²) in [4.78, 5) is 37.5. The van der Waals surface area contributed by atoms with Crippen LogP contribution in [0.1, 0.15) is 57.7 Å². The Balaban J connectivity index is 2.08. The zero-order valence-corrected chi connectivity index (χ0v) is 15.2. The number of hydrogen-bond acceptors (Lipinski definition) is 3. The Kier molecular flexibility index (Phi) is 4.93. The van der Waals surface area contributed by atoms with E-state index in [1.165, 1.54) is 17.7 Å². The Labute approximate surface area is 152 Å². The van der Waals surface area contributed by atoms with Gasteiger partial charge >= 0.3 is 0 Å². The van der Waals surface area contributed by atoms with Crippen LogP contribution < -0.4 is 16.2 Å². The van der Waals surface area contributed by atoms with Gasteiger partial charge in [-0.15, -0.1) is 0 Å². The van der Waals surface area contributed by atoms with Crippen LogP contribution in [0.3, 0.4) is 0 Å². The van der Waals surface area contributed by atoms with Gasteiger partial charge in [-0.2, -0.15) is 0 Å². The number of carbonyl (C=O) groups excluding carboxylic acids is 2. The Morgan fingerprint density at radius 1 is 1.19 bits per heavy atom. The fourth-order valence-electron chi connectivity index (χ4n) is 2.90. The van der Waals surface area contributed by atoms with Crippen molar-refractivity contribution in [2.24, 2.45) is 0 Å². The number of aromatic nitrogens is 1. The molecule has 0 bridgehead atoms. The van der Waals surface area contributed by atoms with Crippen LogP contribution in [-0.4, -0.2) is 29.5 Å². The first kappa shape index (κ1) is 17.9. The number of nitrogens with one attached hydrogen (secondary N) is 2. The highest BCUT2D eigenvalue weighted by atomic mass is 16.2. The molecule has 0 saturated heterocycles. The summed E-state index contributed by atoms with van der Waals surface area (Å²) in [7, 11) is 1.47. The zero-order valence-electron chi connectivity index (χ0n) is 15.2. The van der Waals surface area contributed by atoms with Crippen molar-refractivity contribution in [2.75, 3.05) is 7.05 Å². The van der Waals surface area contributed by atoms with Crippen molar-refractivity contribution >= 4 is 11.8 Å². The maximum atomic E-state index is 12.8. The lowest BCUT2D eigenvalue weighted by molar-refractivity contribution is 0.0950. The first-order valence-corrected chi connectivity index (χ1v) is 8.76. The third-order valence-corrected chi connectivity index (χ3v) is 4.63. The monoisotopic (exact) mass is 353 g/mol. The highest BCUT2D eigenvalue weighted by molar-refractivity contribution is 5.99. The Morgan fingerprint density at radius 2 is 1.92 bits per heavy atom. The fraction of sp³-hybridized carbons (Fsp3) is 0.350. The van der Waals surface area contributed by atoms with E-state index in [-0.39, 0.29) is 23.6 Å². The molecule has 1 aliphatic rings. The minimum atomic E-state index is -0.499. The number of aryl methyl sites for hydroxylation is 1. The molecule has 0 spiro atoms. The van der Waals surface area contributed by atoms with E-state index in [0.717, 1.165) is 24.0 Å². The molecular weight excluding hydrogens is 330 g/mol. The van der Waals surface area contributed by atoms with Gasteiger partial charge in [-0.1, -0.05) is 29.8 Å². The lowest BCUT2D eigenvalue weighted by atomic mass is 10.0. The molecule has 3 rings (SSSR count). The number of rotatable bonds is 5. The smallest absolute Gasteiger partial charge is 0.264 e. The minimum absolute atomic E-state index is 0.0320. The molecule has 2 N–H and O–H groups in total. The minimum Gasteiger partial charge on any atom is -0.355 e. The van der Waals surface area contributed by atoms with E-state index in [4.69, 9.17) is 0 Å². The molecular formula is C20H23N3O3. The highest BCUT2D eigenvalue weighted by Gasteiger charge is 2.26. The van der Waals surface area contributed by atoms with Crippen molar-refractivity contribution in [2.45, 2.75) is 38.8 Å². The number of carbonyl (C=O) groups is 2. The second kappa shape index (κ2) is 7.15. The molecule has 2 aromatic rings. The van der Waals surface area contributed by atoms with E-state index in [9.17, 15) is 14.4 Å². The van der Waals surface area contributed by atoms with E-state index < -0.39 is 11.5 Å². The molecule has 1 aromatic heterocycles. The average Bonchev–Trinajstić information content (AvgIpc) is 3.44. The maximum Gasteiger partial charge on any atom is 0.264 e. The van der Waals surface area contributed by atoms with Gasteiger partial charge < -0.3 is 15.2 Å². The molecule has 1 aliphatic carbocycles. The van der Waals surface area contributed by atoms with Gasteiger partial charge in [0.2, 0.25) is 0 Å². The standard InChI is InChI=1S/C20H23N3O3/c1-12-5-4-6-14(9-12)13(2)23-11-15(18(24)22-16-7-8-16)10-17(20(23)26)19(25)21-3/h4-6,9-11,13,16H,7-8H2,1-3H3,(H,21,25)(H,22,24). The summed E-state index contributed by atoms with van der Waals surface area (Å²) >= 11 is 0. The van der Waals surface area contributed by atoms with Crippen LogP contribution in [0.4, 0.5) is 0 Å². The van der Waals surface area contributed by atoms with Gasteiger partial charge in [0.1, 0.15) is 5.56 Å². The highest BCUT2D eigenvalue weighted by Crippen LogP contribution is 2.21. The SMILES string of the molecule is CNC(=O)c1cc(C(=O)NC2CC2)cn(C(C)c2cccc(C)c2)c1=O. The molecule has 0 aliphatic heterocycles. The van der Waals surface area contributed by atoms with Gasteiger partial charge in [0.15, 0.2) is 0 Å². The summed E-state index contributed by atoms with van der Waals surface area (Å²) in [5.41, 5.74) is 1.89. The lowest BCUT2D eigenvalue weighted by Crippen LogP contribution is -2.35. The van der Waals surface area contributed by atoms with Crippen LogP contribution in [0.5, 0.6) is 0 Å². The fourth-order valence-corrected chi connectivity index (χ4v) is 2.90. The second-order valence-electron chi connectivity index (χ2n) is 6.77. The summed E-state index contributed by atoms with van der Waals surface area (Å²) in [6, 6.07) is 9.09. The van der Waals surface area contributed by atoms with Crippen LogP contribution in [0.2, 0.25) is 0 Å². The molecule has 1 heterocycles. The van der Waals surface area contributed by atoms with Crippen LogP contribution in [0, 0.1) is 6.92 Å². The number of amides is 2. The van der Waals surface area contributed by atoms with Crippen LogP contribution in [0.25, 0.3) is 0 Å². The van der Waals surface area contributed by atoms with Gasteiger partial charge in [0.25, 0.3) is 17.4 Å². The van der Waals surface area contributed by atoms with Crippen LogP contribution >= 0.6 is 0 Å². The summed E-state index contributed by atoms with van der Waals surface area (Å²) in [5.74, 6) is -0.760. The topological polar surface area (TPSA) is 80.2 Å². The van der Waals surface area contributed by atoms with Crippen LogP contribution in [0.15, 0.2) is 41.3 Å². The molecule has 26 heavy (non-hydrogen) atoms. The Hall–Kier alpha value is -2.89. The molecule has 1 unspecified atom stereocenters. The van der Waals surface area contributed by atoms with Crippen molar-refractivity contribution < 1.29 is 9.59 Å². The maximum absolute atomic E-state index is 12.8. The first-order valence-electron chi connectivity index (χ1n) is 8.76. The molecule has 1 saturated carbocycles. The first-order chi connectivity index (χ1) is 12.4. The van der Waals surface area contributed by atoms with E-state index in [1.807, 2.05) is 38.1 Å². The van der Waals surface area contributed by atoms with Crippen molar-refractivity contribution in [3.05, 3.63) is 69.1 Å². The molecule has 0 radical (unpaired) electrons. The summed E-state index contributed by atoms with van der Waals surface area (Å²) < 4.78 is 1.46. The summed E-state index contributed by atoms with van der Waals surface area (Å²) in [6.45, 7) is 3.86. The number of benzene rings is 1. The second-order valence-corrected chi connectivity index (χ2v) is 6.77. The third kappa shape index (κ3) is 3.69. The Bertz CT molecular complexity index is 913. The van der Waals surface area contributed by atoms with Crippen molar-refractivity contribution in [1.82, 2.24) is 15.2 Å².